The predicted octanol–water partition coefficient (Wildman–Crippen LogP) is 2.33. The van der Waals surface area contributed by atoms with Crippen molar-refractivity contribution in [2.45, 2.75) is 19.6 Å². The van der Waals surface area contributed by atoms with Crippen molar-refractivity contribution in [1.82, 2.24) is 9.78 Å². The topological polar surface area (TPSA) is 64.1 Å². The molecule has 0 saturated heterocycles. The SMILES string of the molecule is CCn1nccc1C(O)c1ccc(N)cc1Br. The second kappa shape index (κ2) is 4.89. The van der Waals surface area contributed by atoms with Gasteiger partial charge in [0, 0.05) is 28.5 Å². The molecular weight excluding hydrogens is 282 g/mol. The number of halogens is 1. The van der Waals surface area contributed by atoms with E-state index >= 15 is 0 Å². The molecule has 0 aliphatic carbocycles. The van der Waals surface area contributed by atoms with E-state index in [9.17, 15) is 5.11 Å². The van der Waals surface area contributed by atoms with Gasteiger partial charge in [0.05, 0.1) is 5.69 Å². The summed E-state index contributed by atoms with van der Waals surface area (Å²) < 4.78 is 2.57. The Balaban J connectivity index is 2.40. The first-order valence-corrected chi connectivity index (χ1v) is 6.17. The quantitative estimate of drug-likeness (QED) is 0.854. The number of nitrogens with two attached hydrogens (primary N) is 1. The van der Waals surface area contributed by atoms with Crippen molar-refractivity contribution in [3.05, 3.63) is 46.2 Å². The summed E-state index contributed by atoms with van der Waals surface area (Å²) >= 11 is 3.41. The Kier molecular flexibility index (Phi) is 3.49. The molecule has 17 heavy (non-hydrogen) atoms. The van der Waals surface area contributed by atoms with Crippen LogP contribution in [0.15, 0.2) is 34.9 Å². The van der Waals surface area contributed by atoms with Gasteiger partial charge in [0.2, 0.25) is 0 Å². The molecule has 0 spiro atoms. The summed E-state index contributed by atoms with van der Waals surface area (Å²) in [7, 11) is 0. The lowest BCUT2D eigenvalue weighted by atomic mass is 10.1. The predicted molar refractivity (Wildman–Crippen MR) is 70.5 cm³/mol. The molecule has 1 heterocycles. The first-order valence-electron chi connectivity index (χ1n) is 5.38. The number of nitrogen functional groups attached to an aromatic ring is 1. The Morgan fingerprint density at radius 3 is 2.88 bits per heavy atom. The fourth-order valence-corrected chi connectivity index (χ4v) is 2.38. The average molecular weight is 296 g/mol. The molecule has 1 atom stereocenters. The zero-order valence-electron chi connectivity index (χ0n) is 9.47. The molecule has 0 aliphatic heterocycles. The van der Waals surface area contributed by atoms with Gasteiger partial charge in [-0.3, -0.25) is 4.68 Å². The maximum atomic E-state index is 10.3. The van der Waals surface area contributed by atoms with Gasteiger partial charge in [0.15, 0.2) is 0 Å². The minimum atomic E-state index is -0.701. The molecule has 0 fully saturated rings. The number of aliphatic hydroxyl groups is 1. The molecule has 5 heteroatoms. The molecular formula is C12H14BrN3O. The normalized spacial score (nSPS) is 12.6. The molecule has 2 rings (SSSR count). The zero-order chi connectivity index (χ0) is 12.4. The van der Waals surface area contributed by atoms with E-state index in [1.54, 1.807) is 23.0 Å². The van der Waals surface area contributed by atoms with Crippen molar-refractivity contribution in [3.63, 3.8) is 0 Å². The van der Waals surface area contributed by atoms with Crippen LogP contribution >= 0.6 is 15.9 Å². The van der Waals surface area contributed by atoms with E-state index in [0.29, 0.717) is 5.69 Å². The fraction of sp³-hybridized carbons (Fsp3) is 0.250. The van der Waals surface area contributed by atoms with Crippen molar-refractivity contribution in [3.8, 4) is 0 Å². The van der Waals surface area contributed by atoms with Crippen LogP contribution in [-0.2, 0) is 6.54 Å². The highest BCUT2D eigenvalue weighted by atomic mass is 79.9. The lowest BCUT2D eigenvalue weighted by Crippen LogP contribution is -2.09. The van der Waals surface area contributed by atoms with Gasteiger partial charge in [-0.15, -0.1) is 0 Å². The average Bonchev–Trinajstić information content (AvgIpc) is 2.76. The van der Waals surface area contributed by atoms with Crippen LogP contribution in [0.5, 0.6) is 0 Å². The summed E-state index contributed by atoms with van der Waals surface area (Å²) in [5.41, 5.74) is 7.90. The largest absolute Gasteiger partial charge is 0.399 e. The molecule has 0 bridgehead atoms. The fourth-order valence-electron chi connectivity index (χ4n) is 1.76. The van der Waals surface area contributed by atoms with E-state index in [2.05, 4.69) is 21.0 Å². The molecule has 0 saturated carbocycles. The zero-order valence-corrected chi connectivity index (χ0v) is 11.1. The summed E-state index contributed by atoms with van der Waals surface area (Å²) in [5, 5.41) is 14.5. The third kappa shape index (κ3) is 2.35. The van der Waals surface area contributed by atoms with E-state index in [1.165, 1.54) is 0 Å². The summed E-state index contributed by atoms with van der Waals surface area (Å²) in [6.45, 7) is 2.72. The van der Waals surface area contributed by atoms with Crippen LogP contribution in [0.1, 0.15) is 24.3 Å². The van der Waals surface area contributed by atoms with Crippen LogP contribution in [0.4, 0.5) is 5.69 Å². The van der Waals surface area contributed by atoms with Crippen LogP contribution in [0.2, 0.25) is 0 Å². The number of rotatable bonds is 3. The number of aliphatic hydroxyl groups excluding tert-OH is 1. The maximum Gasteiger partial charge on any atom is 0.122 e. The summed E-state index contributed by atoms with van der Waals surface area (Å²) in [5.74, 6) is 0. The molecule has 1 unspecified atom stereocenters. The van der Waals surface area contributed by atoms with Crippen LogP contribution in [-0.4, -0.2) is 14.9 Å². The van der Waals surface area contributed by atoms with Gasteiger partial charge in [-0.05, 0) is 25.1 Å². The van der Waals surface area contributed by atoms with Gasteiger partial charge in [0.25, 0.3) is 0 Å². The Morgan fingerprint density at radius 2 is 2.24 bits per heavy atom. The first-order chi connectivity index (χ1) is 8.13. The van der Waals surface area contributed by atoms with E-state index in [0.717, 1.165) is 22.3 Å². The number of benzene rings is 1. The van der Waals surface area contributed by atoms with Gasteiger partial charge in [-0.1, -0.05) is 22.0 Å². The van der Waals surface area contributed by atoms with E-state index in [-0.39, 0.29) is 0 Å². The van der Waals surface area contributed by atoms with Crippen molar-refractivity contribution in [2.75, 3.05) is 5.73 Å². The number of aromatic nitrogens is 2. The highest BCUT2D eigenvalue weighted by Crippen LogP contribution is 2.29. The monoisotopic (exact) mass is 295 g/mol. The molecule has 4 nitrogen and oxygen atoms in total. The van der Waals surface area contributed by atoms with Crippen molar-refractivity contribution < 1.29 is 5.11 Å². The van der Waals surface area contributed by atoms with Gasteiger partial charge in [0.1, 0.15) is 6.10 Å². The lowest BCUT2D eigenvalue weighted by molar-refractivity contribution is 0.207. The lowest BCUT2D eigenvalue weighted by Gasteiger charge is -2.14. The van der Waals surface area contributed by atoms with Gasteiger partial charge >= 0.3 is 0 Å². The van der Waals surface area contributed by atoms with Crippen molar-refractivity contribution >= 4 is 21.6 Å². The standard InChI is InChI=1S/C12H14BrN3O/c1-2-16-11(5-6-15-16)12(17)9-4-3-8(14)7-10(9)13/h3-7,12,17H,2,14H2,1H3. The molecule has 3 N–H and O–H groups in total. The Hall–Kier alpha value is -1.33. The minimum Gasteiger partial charge on any atom is -0.399 e. The Morgan fingerprint density at radius 1 is 1.47 bits per heavy atom. The Bertz CT molecular complexity index is 524. The first kappa shape index (κ1) is 12.1. The molecule has 0 aliphatic rings. The third-order valence-electron chi connectivity index (χ3n) is 2.65. The minimum absolute atomic E-state index is 0.664. The van der Waals surface area contributed by atoms with Crippen LogP contribution in [0.25, 0.3) is 0 Å². The summed E-state index contributed by atoms with van der Waals surface area (Å²) in [6.07, 6.45) is 0.986. The van der Waals surface area contributed by atoms with E-state index in [4.69, 9.17) is 5.73 Å². The molecule has 2 aromatic rings. The number of aryl methyl sites for hydroxylation is 1. The maximum absolute atomic E-state index is 10.3. The van der Waals surface area contributed by atoms with Gasteiger partial charge in [-0.25, -0.2) is 0 Å². The molecule has 0 radical (unpaired) electrons. The van der Waals surface area contributed by atoms with Crippen molar-refractivity contribution in [1.29, 1.82) is 0 Å². The highest BCUT2D eigenvalue weighted by molar-refractivity contribution is 9.10. The third-order valence-corrected chi connectivity index (χ3v) is 3.33. The van der Waals surface area contributed by atoms with Crippen LogP contribution in [0, 0.1) is 0 Å². The summed E-state index contributed by atoms with van der Waals surface area (Å²) in [6, 6.07) is 7.19. The van der Waals surface area contributed by atoms with Gasteiger partial charge < -0.3 is 10.8 Å². The number of hydrogen-bond donors (Lipinski definition) is 2. The molecule has 1 aromatic carbocycles. The number of hydrogen-bond acceptors (Lipinski definition) is 3. The van der Waals surface area contributed by atoms with Gasteiger partial charge in [-0.2, -0.15) is 5.10 Å². The van der Waals surface area contributed by atoms with Crippen molar-refractivity contribution in [2.24, 2.45) is 0 Å². The Labute approximate surface area is 108 Å². The smallest absolute Gasteiger partial charge is 0.122 e. The van der Waals surface area contributed by atoms with Crippen LogP contribution < -0.4 is 5.73 Å². The number of anilines is 1. The van der Waals surface area contributed by atoms with E-state index in [1.807, 2.05) is 19.1 Å². The number of nitrogens with zero attached hydrogens (tertiary/aromatic N) is 2. The second-order valence-electron chi connectivity index (χ2n) is 3.76. The second-order valence-corrected chi connectivity index (χ2v) is 4.61. The molecule has 90 valence electrons. The van der Waals surface area contributed by atoms with E-state index < -0.39 is 6.10 Å². The highest BCUT2D eigenvalue weighted by Gasteiger charge is 2.17. The summed E-state index contributed by atoms with van der Waals surface area (Å²) in [4.78, 5) is 0. The molecule has 0 amide bonds. The molecule has 1 aromatic heterocycles. The van der Waals surface area contributed by atoms with Crippen LogP contribution in [0.3, 0.4) is 0 Å².